The lowest BCUT2D eigenvalue weighted by Crippen LogP contribution is -2.57. The van der Waals surface area contributed by atoms with Crippen molar-refractivity contribution in [2.24, 2.45) is 0 Å². The van der Waals surface area contributed by atoms with Crippen molar-refractivity contribution >= 4 is 64.8 Å². The van der Waals surface area contributed by atoms with E-state index >= 15 is 0 Å². The van der Waals surface area contributed by atoms with Gasteiger partial charge in [-0.15, -0.1) is 0 Å². The Balaban J connectivity index is 1.08. The minimum atomic E-state index is -2.04. The lowest BCUT2D eigenvalue weighted by atomic mass is 9.61. The van der Waals surface area contributed by atoms with Gasteiger partial charge in [0, 0.05) is 23.6 Å². The molecule has 2 aliphatic rings. The number of pyridine rings is 1. The van der Waals surface area contributed by atoms with E-state index in [0.29, 0.717) is 0 Å². The molecule has 8 heteroatoms. The van der Waals surface area contributed by atoms with Crippen LogP contribution in [0.2, 0.25) is 13.1 Å². The van der Waals surface area contributed by atoms with Gasteiger partial charge in [0.1, 0.15) is 25.4 Å². The Hall–Kier alpha value is -6.38. The Bertz CT molecular complexity index is 2710. The second kappa shape index (κ2) is 12.4. The summed E-state index contributed by atoms with van der Waals surface area (Å²) in [5, 5.41) is 2.79. The standard InChI is InChI=1S/C46H38BN5OSi/c1-32-15-11-16-33(2)44(32)47-51(35-19-9-6-10-20-35)40-24-14-28-48-46(40)52(47)36-21-12-22-37(29-36)53-38-26-27-42-41(30-38)50-31-49(34-17-7-5-8-18-34)39-23-13-25-43(45(39)50)54(42,3)4/h5-30H,1-4H3. The summed E-state index contributed by atoms with van der Waals surface area (Å²) >= 11 is 0. The van der Waals surface area contributed by atoms with Gasteiger partial charge in [-0.05, 0) is 90.3 Å². The number of rotatable bonds is 6. The van der Waals surface area contributed by atoms with E-state index in [2.05, 4.69) is 192 Å². The van der Waals surface area contributed by atoms with Crippen LogP contribution in [0.5, 0.6) is 11.5 Å². The van der Waals surface area contributed by atoms with Gasteiger partial charge in [0.15, 0.2) is 0 Å². The van der Waals surface area contributed by atoms with E-state index in [1.165, 1.54) is 32.5 Å². The van der Waals surface area contributed by atoms with Crippen molar-refractivity contribution in [2.45, 2.75) is 26.9 Å². The van der Waals surface area contributed by atoms with Crippen LogP contribution in [0.3, 0.4) is 0 Å². The fourth-order valence-corrected chi connectivity index (χ4v) is 11.6. The Morgan fingerprint density at radius 3 is 2.13 bits per heavy atom. The van der Waals surface area contributed by atoms with Crippen LogP contribution in [0.1, 0.15) is 11.1 Å². The first kappa shape index (κ1) is 32.3. The van der Waals surface area contributed by atoms with Gasteiger partial charge in [0.2, 0.25) is 0 Å². The smallest absolute Gasteiger partial charge is 0.422 e. The summed E-state index contributed by atoms with van der Waals surface area (Å²) in [6.07, 6.45) is 5.60. The van der Waals surface area contributed by atoms with E-state index in [4.69, 9.17) is 9.72 Å². The summed E-state index contributed by atoms with van der Waals surface area (Å²) in [5.74, 6) is 2.45. The van der Waals surface area contributed by atoms with E-state index < -0.39 is 8.07 Å². The first-order valence-electron chi connectivity index (χ1n) is 18.5. The maximum atomic E-state index is 6.80. The van der Waals surface area contributed by atoms with E-state index in [0.717, 1.165) is 51.3 Å². The molecule has 0 unspecified atom stereocenters. The van der Waals surface area contributed by atoms with Gasteiger partial charge in [-0.1, -0.05) is 109 Å². The highest BCUT2D eigenvalue weighted by atomic mass is 28.3. The van der Waals surface area contributed by atoms with Crippen LogP contribution in [-0.2, 0) is 0 Å². The quantitative estimate of drug-likeness (QED) is 0.0987. The molecule has 6 aromatic carbocycles. The number of anilines is 4. The highest BCUT2D eigenvalue weighted by molar-refractivity contribution is 7.02. The molecule has 0 fully saturated rings. The molecule has 2 aliphatic heterocycles. The molecule has 0 radical (unpaired) electrons. The average molecular weight is 716 g/mol. The van der Waals surface area contributed by atoms with Crippen LogP contribution in [-0.4, -0.2) is 24.6 Å². The summed E-state index contributed by atoms with van der Waals surface area (Å²) in [5.41, 5.74) is 11.5. The number of fused-ring (bicyclic) bond motifs is 3. The molecule has 0 saturated carbocycles. The van der Waals surface area contributed by atoms with E-state index in [1.807, 2.05) is 18.3 Å². The number of benzene rings is 6. The maximum absolute atomic E-state index is 6.80. The third-order valence-electron chi connectivity index (χ3n) is 11.2. The van der Waals surface area contributed by atoms with E-state index in [-0.39, 0.29) is 6.98 Å². The third kappa shape index (κ3) is 4.94. The highest BCUT2D eigenvalue weighted by Gasteiger charge is 2.46. The van der Waals surface area contributed by atoms with Crippen molar-refractivity contribution < 1.29 is 9.30 Å². The fourth-order valence-electron chi connectivity index (χ4n) is 8.62. The van der Waals surface area contributed by atoms with Gasteiger partial charge in [-0.25, -0.2) is 4.98 Å². The average Bonchev–Trinajstić information content (AvgIpc) is 3.75. The highest BCUT2D eigenvalue weighted by Crippen LogP contribution is 2.45. The molecule has 0 amide bonds. The van der Waals surface area contributed by atoms with Crippen molar-refractivity contribution in [3.05, 3.63) is 175 Å². The number of hydrogen-bond donors (Lipinski definition) is 0. The number of aromatic nitrogens is 3. The zero-order valence-electron chi connectivity index (χ0n) is 30.7. The maximum Gasteiger partial charge on any atom is 0.422 e. The molecule has 6 nitrogen and oxygen atoms in total. The molecule has 0 spiro atoms. The summed E-state index contributed by atoms with van der Waals surface area (Å²) in [4.78, 5) is 9.77. The van der Waals surface area contributed by atoms with Gasteiger partial charge in [-0.2, -0.15) is 0 Å². The monoisotopic (exact) mass is 715 g/mol. The minimum Gasteiger partial charge on any atom is -0.458 e. The molecule has 0 N–H and O–H groups in total. The van der Waals surface area contributed by atoms with Crippen LogP contribution >= 0.6 is 0 Å². The molecular weight excluding hydrogens is 677 g/mol. The van der Waals surface area contributed by atoms with Crippen molar-refractivity contribution in [3.8, 4) is 22.9 Å². The van der Waals surface area contributed by atoms with Crippen molar-refractivity contribution in [1.82, 2.24) is 9.55 Å². The Labute approximate surface area is 317 Å². The van der Waals surface area contributed by atoms with Gasteiger partial charge in [0.05, 0.1) is 28.1 Å². The number of imidazole rings is 1. The van der Waals surface area contributed by atoms with Gasteiger partial charge in [-0.3, -0.25) is 9.13 Å². The Morgan fingerprint density at radius 2 is 1.33 bits per heavy atom. The van der Waals surface area contributed by atoms with Crippen LogP contribution in [0.25, 0.3) is 22.4 Å². The normalized spacial score (nSPS) is 14.0. The topological polar surface area (TPSA) is 37.4 Å². The Morgan fingerprint density at radius 1 is 0.630 bits per heavy atom. The number of ether oxygens (including phenoxy) is 1. The molecule has 54 heavy (non-hydrogen) atoms. The lowest BCUT2D eigenvalue weighted by Gasteiger charge is -2.32. The zero-order chi connectivity index (χ0) is 36.6. The molecular formula is C46H38BN5OSi. The zero-order valence-corrected chi connectivity index (χ0v) is 31.7. The summed E-state index contributed by atoms with van der Waals surface area (Å²) in [7, 11) is -2.04. The van der Waals surface area contributed by atoms with E-state index in [1.54, 1.807) is 0 Å². The third-order valence-corrected chi connectivity index (χ3v) is 14.7. The Kier molecular flexibility index (Phi) is 7.39. The molecule has 8 aromatic rings. The number of hydrogen-bond acceptors (Lipinski definition) is 4. The summed E-state index contributed by atoms with van der Waals surface area (Å²) in [6, 6.07) is 53.6. The second-order valence-electron chi connectivity index (χ2n) is 14.8. The molecule has 260 valence electrons. The van der Waals surface area contributed by atoms with Crippen molar-refractivity contribution in [2.75, 3.05) is 9.62 Å². The van der Waals surface area contributed by atoms with Gasteiger partial charge < -0.3 is 14.4 Å². The van der Waals surface area contributed by atoms with Crippen LogP contribution in [0.15, 0.2) is 158 Å². The second-order valence-corrected chi connectivity index (χ2v) is 19.1. The molecule has 0 atom stereocenters. The molecule has 4 heterocycles. The lowest BCUT2D eigenvalue weighted by molar-refractivity contribution is -0.572. The number of para-hydroxylation sites is 3. The summed E-state index contributed by atoms with van der Waals surface area (Å²) in [6.45, 7) is 9.14. The first-order valence-corrected chi connectivity index (χ1v) is 21.5. The summed E-state index contributed by atoms with van der Waals surface area (Å²) < 4.78 is 11.2. The number of aryl methyl sites for hydroxylation is 2. The van der Waals surface area contributed by atoms with E-state index in [9.17, 15) is 0 Å². The van der Waals surface area contributed by atoms with Gasteiger partial charge in [0.25, 0.3) is 6.33 Å². The molecule has 10 rings (SSSR count). The number of nitrogens with zero attached hydrogens (tertiary/aromatic N) is 5. The predicted octanol–water partition coefficient (Wildman–Crippen LogP) is 8.33. The largest absolute Gasteiger partial charge is 0.458 e. The molecule has 0 aliphatic carbocycles. The molecule has 0 bridgehead atoms. The van der Waals surface area contributed by atoms with Crippen molar-refractivity contribution in [3.63, 3.8) is 0 Å². The molecule has 2 aromatic heterocycles. The van der Waals surface area contributed by atoms with Gasteiger partial charge >= 0.3 is 6.98 Å². The van der Waals surface area contributed by atoms with Crippen LogP contribution in [0.4, 0.5) is 22.9 Å². The minimum absolute atomic E-state index is 0.159. The predicted molar refractivity (Wildman–Crippen MR) is 223 cm³/mol. The van der Waals surface area contributed by atoms with Crippen LogP contribution < -0.4 is 34.8 Å². The van der Waals surface area contributed by atoms with Crippen molar-refractivity contribution in [1.29, 1.82) is 0 Å². The SMILES string of the molecule is Cc1cccc(C)c1B1N(c2ccccc2)c2cccnc2N1c1cccc(Oc2ccc3c(c2)-n2[c-][n+](-c4ccccc4)c4cccc(c42)[Si]3(C)C)c1. The van der Waals surface area contributed by atoms with Crippen LogP contribution in [0, 0.1) is 20.2 Å². The molecule has 0 saturated heterocycles. The fraction of sp³-hybridized carbons (Fsp3) is 0.0870. The first-order chi connectivity index (χ1) is 26.4.